The van der Waals surface area contributed by atoms with Gasteiger partial charge < -0.3 is 0 Å². The van der Waals surface area contributed by atoms with Gasteiger partial charge in [-0.3, -0.25) is 4.98 Å². The highest BCUT2D eigenvalue weighted by atomic mass is 79.9. The molecular formula is C13H11BrClN. The summed E-state index contributed by atoms with van der Waals surface area (Å²) in [4.78, 5) is 4.76. The summed E-state index contributed by atoms with van der Waals surface area (Å²) in [7, 11) is 0. The van der Waals surface area contributed by atoms with Crippen molar-refractivity contribution in [2.45, 2.75) is 26.2 Å². The number of hydrogen-bond acceptors (Lipinski definition) is 1. The summed E-state index contributed by atoms with van der Waals surface area (Å²) in [5.74, 6) is 0. The number of hydrogen-bond donors (Lipinski definition) is 0. The van der Waals surface area contributed by atoms with Crippen LogP contribution in [-0.4, -0.2) is 4.98 Å². The Kier molecular flexibility index (Phi) is 2.45. The molecule has 3 rings (SSSR count). The first-order chi connectivity index (χ1) is 7.68. The van der Waals surface area contributed by atoms with Gasteiger partial charge in [0.05, 0.1) is 10.5 Å². The topological polar surface area (TPSA) is 12.9 Å². The molecule has 0 fully saturated rings. The van der Waals surface area contributed by atoms with Gasteiger partial charge >= 0.3 is 0 Å². The lowest BCUT2D eigenvalue weighted by Crippen LogP contribution is -1.94. The minimum absolute atomic E-state index is 0.910. The van der Waals surface area contributed by atoms with E-state index >= 15 is 0 Å². The summed E-state index contributed by atoms with van der Waals surface area (Å²) < 4.78 is 1.10. The number of fused-ring (bicyclic) bond motifs is 2. The molecule has 82 valence electrons. The first-order valence-corrected chi connectivity index (χ1v) is 6.61. The number of rotatable bonds is 0. The molecule has 1 heterocycles. The van der Waals surface area contributed by atoms with Crippen molar-refractivity contribution in [3.8, 4) is 0 Å². The Morgan fingerprint density at radius 2 is 2.12 bits per heavy atom. The summed E-state index contributed by atoms with van der Waals surface area (Å²) in [5.41, 5.74) is 4.67. The molecule has 0 atom stereocenters. The molecule has 0 spiro atoms. The van der Waals surface area contributed by atoms with E-state index < -0.39 is 0 Å². The van der Waals surface area contributed by atoms with Crippen LogP contribution in [0, 0.1) is 6.92 Å². The van der Waals surface area contributed by atoms with Gasteiger partial charge in [-0.25, -0.2) is 0 Å². The van der Waals surface area contributed by atoms with Crippen LogP contribution in [-0.2, 0) is 12.8 Å². The summed E-state index contributed by atoms with van der Waals surface area (Å²) in [5, 5.41) is 2.00. The van der Waals surface area contributed by atoms with Crippen molar-refractivity contribution >= 4 is 38.4 Å². The first-order valence-electron chi connectivity index (χ1n) is 5.44. The van der Waals surface area contributed by atoms with Crippen molar-refractivity contribution in [2.75, 3.05) is 0 Å². The van der Waals surface area contributed by atoms with E-state index in [0.29, 0.717) is 0 Å². The Bertz CT molecular complexity index is 592. The van der Waals surface area contributed by atoms with E-state index in [2.05, 4.69) is 28.9 Å². The second-order valence-electron chi connectivity index (χ2n) is 4.27. The lowest BCUT2D eigenvalue weighted by atomic mass is 10.1. The summed E-state index contributed by atoms with van der Waals surface area (Å²) in [6.07, 6.45) is 3.32. The Balaban J connectivity index is 2.46. The van der Waals surface area contributed by atoms with Crippen molar-refractivity contribution in [1.82, 2.24) is 4.98 Å². The van der Waals surface area contributed by atoms with Gasteiger partial charge in [0.2, 0.25) is 0 Å². The number of benzene rings is 1. The van der Waals surface area contributed by atoms with Gasteiger partial charge in [0.25, 0.3) is 0 Å². The molecular weight excluding hydrogens is 286 g/mol. The molecule has 0 amide bonds. The molecule has 1 nitrogen and oxygen atoms in total. The maximum absolute atomic E-state index is 6.46. The summed E-state index contributed by atoms with van der Waals surface area (Å²) >= 11 is 9.99. The van der Waals surface area contributed by atoms with Gasteiger partial charge in [-0.05, 0) is 43.4 Å². The third-order valence-corrected chi connectivity index (χ3v) is 4.59. The van der Waals surface area contributed by atoms with Crippen molar-refractivity contribution in [2.24, 2.45) is 0 Å². The molecule has 1 aromatic heterocycles. The van der Waals surface area contributed by atoms with Crippen molar-refractivity contribution in [1.29, 1.82) is 0 Å². The normalized spacial score (nSPS) is 14.4. The van der Waals surface area contributed by atoms with E-state index in [1.54, 1.807) is 0 Å². The largest absolute Gasteiger partial charge is 0.252 e. The van der Waals surface area contributed by atoms with Gasteiger partial charge in [-0.15, -0.1) is 0 Å². The maximum atomic E-state index is 6.46. The van der Waals surface area contributed by atoms with Gasteiger partial charge in [0.1, 0.15) is 0 Å². The standard InChI is InChI=1S/C13H11BrClN/c1-7-10(14)6-5-9-12(15)8-3-2-4-11(8)16-13(7)9/h5-6H,2-4H2,1H3. The van der Waals surface area contributed by atoms with E-state index in [9.17, 15) is 0 Å². The van der Waals surface area contributed by atoms with Crippen LogP contribution in [0.5, 0.6) is 0 Å². The molecule has 0 aliphatic heterocycles. The smallest absolute Gasteiger partial charge is 0.0760 e. The van der Waals surface area contributed by atoms with E-state index in [-0.39, 0.29) is 0 Å². The average molecular weight is 297 g/mol. The van der Waals surface area contributed by atoms with Crippen LogP contribution in [0.1, 0.15) is 23.2 Å². The van der Waals surface area contributed by atoms with Crippen LogP contribution in [0.2, 0.25) is 5.02 Å². The van der Waals surface area contributed by atoms with Gasteiger partial charge in [-0.2, -0.15) is 0 Å². The lowest BCUT2D eigenvalue weighted by Gasteiger charge is -2.09. The van der Waals surface area contributed by atoms with Crippen molar-refractivity contribution < 1.29 is 0 Å². The van der Waals surface area contributed by atoms with Crippen LogP contribution in [0.4, 0.5) is 0 Å². The molecule has 3 heteroatoms. The summed E-state index contributed by atoms with van der Waals surface area (Å²) in [6.45, 7) is 2.08. The van der Waals surface area contributed by atoms with Gasteiger partial charge in [0.15, 0.2) is 0 Å². The number of halogens is 2. The molecule has 0 radical (unpaired) electrons. The Morgan fingerprint density at radius 3 is 2.94 bits per heavy atom. The van der Waals surface area contributed by atoms with E-state index in [0.717, 1.165) is 33.2 Å². The fourth-order valence-electron chi connectivity index (χ4n) is 2.38. The fourth-order valence-corrected chi connectivity index (χ4v) is 3.06. The average Bonchev–Trinajstić information content (AvgIpc) is 2.73. The Morgan fingerprint density at radius 1 is 1.31 bits per heavy atom. The van der Waals surface area contributed by atoms with Crippen molar-refractivity contribution in [3.05, 3.63) is 38.4 Å². The number of aromatic nitrogens is 1. The highest BCUT2D eigenvalue weighted by Gasteiger charge is 2.19. The van der Waals surface area contributed by atoms with Crippen molar-refractivity contribution in [3.63, 3.8) is 0 Å². The predicted octanol–water partition coefficient (Wildman–Crippen LogP) is 4.45. The minimum atomic E-state index is 0.910. The quantitative estimate of drug-likeness (QED) is 0.700. The van der Waals surface area contributed by atoms with Gasteiger partial charge in [-0.1, -0.05) is 33.6 Å². The fraction of sp³-hybridized carbons (Fsp3) is 0.308. The molecule has 16 heavy (non-hydrogen) atoms. The van der Waals surface area contributed by atoms with Crippen LogP contribution < -0.4 is 0 Å². The SMILES string of the molecule is Cc1c(Br)ccc2c(Cl)c3c(nc12)CCC3. The minimum Gasteiger partial charge on any atom is -0.252 e. The molecule has 0 saturated carbocycles. The zero-order valence-electron chi connectivity index (χ0n) is 8.98. The lowest BCUT2D eigenvalue weighted by molar-refractivity contribution is 0.901. The second-order valence-corrected chi connectivity index (χ2v) is 5.51. The molecule has 0 N–H and O–H groups in total. The number of nitrogens with zero attached hydrogens (tertiary/aromatic N) is 1. The molecule has 0 saturated heterocycles. The Hall–Kier alpha value is -0.600. The molecule has 1 aliphatic rings. The molecule has 2 aromatic rings. The molecule has 1 aliphatic carbocycles. The van der Waals surface area contributed by atoms with Crippen LogP contribution in [0.3, 0.4) is 0 Å². The highest BCUT2D eigenvalue weighted by molar-refractivity contribution is 9.10. The van der Waals surface area contributed by atoms with E-state index in [4.69, 9.17) is 16.6 Å². The van der Waals surface area contributed by atoms with Crippen LogP contribution in [0.15, 0.2) is 16.6 Å². The zero-order chi connectivity index (χ0) is 11.3. The highest BCUT2D eigenvalue weighted by Crippen LogP contribution is 2.36. The van der Waals surface area contributed by atoms with Crippen LogP contribution in [0.25, 0.3) is 10.9 Å². The van der Waals surface area contributed by atoms with Gasteiger partial charge in [0, 0.05) is 15.6 Å². The maximum Gasteiger partial charge on any atom is 0.0760 e. The third-order valence-electron chi connectivity index (χ3n) is 3.30. The molecule has 1 aromatic carbocycles. The number of aryl methyl sites for hydroxylation is 2. The van der Waals surface area contributed by atoms with Crippen LogP contribution >= 0.6 is 27.5 Å². The zero-order valence-corrected chi connectivity index (χ0v) is 11.3. The van der Waals surface area contributed by atoms with E-state index in [1.807, 2.05) is 6.07 Å². The second kappa shape index (κ2) is 3.71. The first kappa shape index (κ1) is 10.5. The third kappa shape index (κ3) is 1.40. The monoisotopic (exact) mass is 295 g/mol. The number of pyridine rings is 1. The molecule has 0 bridgehead atoms. The summed E-state index contributed by atoms with van der Waals surface area (Å²) in [6, 6.07) is 4.10. The van der Waals surface area contributed by atoms with E-state index in [1.165, 1.54) is 23.2 Å². The Labute approximate surface area is 108 Å². The predicted molar refractivity (Wildman–Crippen MR) is 71.2 cm³/mol. The molecule has 0 unspecified atom stereocenters.